The standard InChI is InChI=1S/C17H23N3O/c1-18-12-15-5-7-17(8-6-15)21-11-10-20(2)14-16-4-3-9-19-13-16/h3-9,13,18H,10-12,14H2,1-2H3. The molecule has 0 aliphatic rings. The fraction of sp³-hybridized carbons (Fsp3) is 0.353. The lowest BCUT2D eigenvalue weighted by Gasteiger charge is -2.17. The van der Waals surface area contributed by atoms with E-state index in [-0.39, 0.29) is 0 Å². The van der Waals surface area contributed by atoms with Gasteiger partial charge in [0.1, 0.15) is 12.4 Å². The Bertz CT molecular complexity index is 513. The first-order valence-corrected chi connectivity index (χ1v) is 7.21. The smallest absolute Gasteiger partial charge is 0.119 e. The van der Waals surface area contributed by atoms with Gasteiger partial charge in [-0.2, -0.15) is 0 Å². The lowest BCUT2D eigenvalue weighted by molar-refractivity contribution is 0.232. The van der Waals surface area contributed by atoms with Crippen molar-refractivity contribution in [1.82, 2.24) is 15.2 Å². The number of nitrogens with one attached hydrogen (secondary N) is 1. The molecule has 1 heterocycles. The van der Waals surface area contributed by atoms with Crippen molar-refractivity contribution < 1.29 is 4.74 Å². The maximum absolute atomic E-state index is 5.77. The lowest BCUT2D eigenvalue weighted by Crippen LogP contribution is -2.23. The molecule has 1 N–H and O–H groups in total. The Morgan fingerprint density at radius 2 is 1.95 bits per heavy atom. The fourth-order valence-electron chi connectivity index (χ4n) is 2.11. The maximum atomic E-state index is 5.77. The Balaban J connectivity index is 1.71. The van der Waals surface area contributed by atoms with Gasteiger partial charge in [0.25, 0.3) is 0 Å². The van der Waals surface area contributed by atoms with Gasteiger partial charge in [-0.3, -0.25) is 9.88 Å². The highest BCUT2D eigenvalue weighted by molar-refractivity contribution is 5.27. The third-order valence-electron chi connectivity index (χ3n) is 3.22. The second-order valence-corrected chi connectivity index (χ2v) is 5.12. The average molecular weight is 285 g/mol. The summed E-state index contributed by atoms with van der Waals surface area (Å²) in [5, 5.41) is 3.13. The third-order valence-corrected chi connectivity index (χ3v) is 3.22. The molecule has 1 aromatic heterocycles. The second kappa shape index (κ2) is 8.39. The van der Waals surface area contributed by atoms with Gasteiger partial charge in [0.2, 0.25) is 0 Å². The van der Waals surface area contributed by atoms with Gasteiger partial charge in [0.15, 0.2) is 0 Å². The molecule has 4 heteroatoms. The summed E-state index contributed by atoms with van der Waals surface area (Å²) < 4.78 is 5.77. The Morgan fingerprint density at radius 3 is 2.62 bits per heavy atom. The monoisotopic (exact) mass is 285 g/mol. The predicted octanol–water partition coefficient (Wildman–Crippen LogP) is 2.31. The highest BCUT2D eigenvalue weighted by Gasteiger charge is 2.01. The Kier molecular flexibility index (Phi) is 6.19. The molecule has 0 spiro atoms. The van der Waals surface area contributed by atoms with Gasteiger partial charge in [-0.15, -0.1) is 0 Å². The van der Waals surface area contributed by atoms with E-state index in [1.54, 1.807) is 6.20 Å². The first kappa shape index (κ1) is 15.5. The molecule has 112 valence electrons. The van der Waals surface area contributed by atoms with E-state index in [9.17, 15) is 0 Å². The van der Waals surface area contributed by atoms with E-state index in [4.69, 9.17) is 4.74 Å². The van der Waals surface area contributed by atoms with Crippen LogP contribution in [0.15, 0.2) is 48.8 Å². The molecule has 0 saturated carbocycles. The highest BCUT2D eigenvalue weighted by Crippen LogP contribution is 2.12. The lowest BCUT2D eigenvalue weighted by atomic mass is 10.2. The van der Waals surface area contributed by atoms with Crippen LogP contribution in [-0.2, 0) is 13.1 Å². The van der Waals surface area contributed by atoms with Crippen LogP contribution < -0.4 is 10.1 Å². The predicted molar refractivity (Wildman–Crippen MR) is 85.3 cm³/mol. The number of nitrogens with zero attached hydrogens (tertiary/aromatic N) is 2. The van der Waals surface area contributed by atoms with Crippen LogP contribution in [0.4, 0.5) is 0 Å². The summed E-state index contributed by atoms with van der Waals surface area (Å²) in [4.78, 5) is 6.35. The average Bonchev–Trinajstić information content (AvgIpc) is 2.50. The first-order valence-electron chi connectivity index (χ1n) is 7.21. The molecule has 2 aromatic rings. The van der Waals surface area contributed by atoms with Gasteiger partial charge >= 0.3 is 0 Å². The van der Waals surface area contributed by atoms with Crippen LogP contribution in [0.5, 0.6) is 5.75 Å². The minimum atomic E-state index is 0.683. The molecular formula is C17H23N3O. The summed E-state index contributed by atoms with van der Waals surface area (Å²) in [7, 11) is 4.04. The highest BCUT2D eigenvalue weighted by atomic mass is 16.5. The number of likely N-dealkylation sites (N-methyl/N-ethyl adjacent to an activating group) is 1. The summed E-state index contributed by atoms with van der Waals surface area (Å²) in [6, 6.07) is 12.3. The fourth-order valence-corrected chi connectivity index (χ4v) is 2.11. The summed E-state index contributed by atoms with van der Waals surface area (Å²) >= 11 is 0. The van der Waals surface area contributed by atoms with E-state index in [0.29, 0.717) is 6.61 Å². The molecule has 2 rings (SSSR count). The summed E-state index contributed by atoms with van der Waals surface area (Å²) in [6.07, 6.45) is 3.70. The minimum Gasteiger partial charge on any atom is -0.492 e. The van der Waals surface area contributed by atoms with Crippen molar-refractivity contribution in [3.8, 4) is 5.75 Å². The van der Waals surface area contributed by atoms with Gasteiger partial charge in [0, 0.05) is 32.0 Å². The number of ether oxygens (including phenoxy) is 1. The quantitative estimate of drug-likeness (QED) is 0.807. The van der Waals surface area contributed by atoms with Crippen molar-refractivity contribution in [2.24, 2.45) is 0 Å². The Labute approximate surface area is 126 Å². The molecular weight excluding hydrogens is 262 g/mol. The van der Waals surface area contributed by atoms with Crippen molar-refractivity contribution in [2.45, 2.75) is 13.1 Å². The topological polar surface area (TPSA) is 37.4 Å². The molecule has 0 saturated heterocycles. The number of hydrogen-bond donors (Lipinski definition) is 1. The van der Waals surface area contributed by atoms with Crippen LogP contribution in [-0.4, -0.2) is 37.1 Å². The SMILES string of the molecule is CNCc1ccc(OCCN(C)Cc2cccnc2)cc1. The van der Waals surface area contributed by atoms with Gasteiger partial charge < -0.3 is 10.1 Å². The zero-order valence-corrected chi connectivity index (χ0v) is 12.7. The van der Waals surface area contributed by atoms with Crippen molar-refractivity contribution in [2.75, 3.05) is 27.2 Å². The van der Waals surface area contributed by atoms with Crippen molar-refractivity contribution in [3.05, 3.63) is 59.9 Å². The summed E-state index contributed by atoms with van der Waals surface area (Å²) in [5.74, 6) is 0.921. The zero-order chi connectivity index (χ0) is 14.9. The molecule has 0 aliphatic heterocycles. The van der Waals surface area contributed by atoms with Gasteiger partial charge in [-0.1, -0.05) is 18.2 Å². The van der Waals surface area contributed by atoms with E-state index in [1.807, 2.05) is 31.4 Å². The molecule has 0 aliphatic carbocycles. The molecule has 0 unspecified atom stereocenters. The number of benzene rings is 1. The molecule has 0 fully saturated rings. The Hall–Kier alpha value is -1.91. The number of aromatic nitrogens is 1. The molecule has 0 atom stereocenters. The molecule has 0 radical (unpaired) electrons. The van der Waals surface area contributed by atoms with Crippen LogP contribution in [0.2, 0.25) is 0 Å². The van der Waals surface area contributed by atoms with E-state index in [0.717, 1.165) is 25.4 Å². The number of pyridine rings is 1. The van der Waals surface area contributed by atoms with Crippen molar-refractivity contribution in [3.63, 3.8) is 0 Å². The summed E-state index contributed by atoms with van der Waals surface area (Å²) in [6.45, 7) is 3.34. The van der Waals surface area contributed by atoms with Crippen LogP contribution in [0.3, 0.4) is 0 Å². The molecule has 0 amide bonds. The van der Waals surface area contributed by atoms with Crippen LogP contribution in [0.25, 0.3) is 0 Å². The number of rotatable bonds is 8. The molecule has 0 bridgehead atoms. The minimum absolute atomic E-state index is 0.683. The molecule has 1 aromatic carbocycles. The third kappa shape index (κ3) is 5.53. The zero-order valence-electron chi connectivity index (χ0n) is 12.7. The second-order valence-electron chi connectivity index (χ2n) is 5.12. The van der Waals surface area contributed by atoms with E-state index < -0.39 is 0 Å². The van der Waals surface area contributed by atoms with Gasteiger partial charge in [-0.05, 0) is 43.4 Å². The van der Waals surface area contributed by atoms with Gasteiger partial charge in [0.05, 0.1) is 0 Å². The summed E-state index contributed by atoms with van der Waals surface area (Å²) in [5.41, 5.74) is 2.48. The van der Waals surface area contributed by atoms with Crippen molar-refractivity contribution in [1.29, 1.82) is 0 Å². The number of hydrogen-bond acceptors (Lipinski definition) is 4. The van der Waals surface area contributed by atoms with Crippen LogP contribution >= 0.6 is 0 Å². The Morgan fingerprint density at radius 1 is 1.14 bits per heavy atom. The molecule has 21 heavy (non-hydrogen) atoms. The largest absolute Gasteiger partial charge is 0.492 e. The van der Waals surface area contributed by atoms with Crippen molar-refractivity contribution >= 4 is 0 Å². The van der Waals surface area contributed by atoms with E-state index in [1.165, 1.54) is 11.1 Å². The molecule has 4 nitrogen and oxygen atoms in total. The van der Waals surface area contributed by atoms with E-state index >= 15 is 0 Å². The van der Waals surface area contributed by atoms with E-state index in [2.05, 4.69) is 40.4 Å². The maximum Gasteiger partial charge on any atom is 0.119 e. The van der Waals surface area contributed by atoms with Crippen LogP contribution in [0.1, 0.15) is 11.1 Å². The first-order chi connectivity index (χ1) is 10.3. The van der Waals surface area contributed by atoms with Crippen LogP contribution in [0, 0.1) is 0 Å². The normalized spacial score (nSPS) is 10.8. The van der Waals surface area contributed by atoms with Gasteiger partial charge in [-0.25, -0.2) is 0 Å².